The first kappa shape index (κ1) is 18.5. The Morgan fingerprint density at radius 1 is 1.04 bits per heavy atom. The summed E-state index contributed by atoms with van der Waals surface area (Å²) in [4.78, 5) is 12.1. The lowest BCUT2D eigenvalue weighted by molar-refractivity contribution is -0.148. The molecule has 1 aliphatic heterocycles. The van der Waals surface area contributed by atoms with Crippen LogP contribution >= 0.6 is 11.6 Å². The fraction of sp³-hybridized carbons (Fsp3) is 0.316. The maximum Gasteiger partial charge on any atom is 0.253 e. The van der Waals surface area contributed by atoms with Crippen LogP contribution in [0.5, 0.6) is 17.2 Å². The van der Waals surface area contributed by atoms with Crippen LogP contribution in [0.3, 0.4) is 0 Å². The summed E-state index contributed by atoms with van der Waals surface area (Å²) in [5.74, 6) is 1.52. The SMILES string of the molecule is O=C(NO)C1(COc2ccc(Oc3ccc(Cl)cc3)cc2)CCOCC1. The van der Waals surface area contributed by atoms with Crippen LogP contribution in [0.4, 0.5) is 0 Å². The Hall–Kier alpha value is -2.28. The summed E-state index contributed by atoms with van der Waals surface area (Å²) in [5, 5.41) is 9.67. The second-order valence-corrected chi connectivity index (χ2v) is 6.59. The van der Waals surface area contributed by atoms with E-state index in [1.54, 1.807) is 54.0 Å². The van der Waals surface area contributed by atoms with Crippen LogP contribution in [0.1, 0.15) is 12.8 Å². The summed E-state index contributed by atoms with van der Waals surface area (Å²) in [6, 6.07) is 14.2. The van der Waals surface area contributed by atoms with Gasteiger partial charge in [0.1, 0.15) is 23.9 Å². The van der Waals surface area contributed by atoms with Crippen molar-refractivity contribution in [3.8, 4) is 17.2 Å². The molecule has 2 N–H and O–H groups in total. The van der Waals surface area contributed by atoms with Crippen LogP contribution in [0.15, 0.2) is 48.5 Å². The van der Waals surface area contributed by atoms with Gasteiger partial charge in [-0.05, 0) is 61.4 Å². The van der Waals surface area contributed by atoms with E-state index in [0.29, 0.717) is 48.3 Å². The molecule has 0 aliphatic carbocycles. The Morgan fingerprint density at radius 3 is 2.15 bits per heavy atom. The molecule has 26 heavy (non-hydrogen) atoms. The zero-order chi connectivity index (χ0) is 18.4. The fourth-order valence-electron chi connectivity index (χ4n) is 2.78. The number of ether oxygens (including phenoxy) is 3. The van der Waals surface area contributed by atoms with Crippen molar-refractivity contribution in [3.05, 3.63) is 53.6 Å². The minimum atomic E-state index is -0.786. The van der Waals surface area contributed by atoms with Gasteiger partial charge in [-0.25, -0.2) is 5.48 Å². The van der Waals surface area contributed by atoms with Gasteiger partial charge in [-0.3, -0.25) is 10.0 Å². The first-order valence-electron chi connectivity index (χ1n) is 8.30. The smallest absolute Gasteiger partial charge is 0.253 e. The molecule has 1 fully saturated rings. The second-order valence-electron chi connectivity index (χ2n) is 6.15. The third-order valence-electron chi connectivity index (χ3n) is 4.42. The van der Waals surface area contributed by atoms with Gasteiger partial charge in [0, 0.05) is 18.2 Å². The average molecular weight is 378 g/mol. The van der Waals surface area contributed by atoms with Crippen molar-refractivity contribution < 1.29 is 24.2 Å². The van der Waals surface area contributed by atoms with Crippen molar-refractivity contribution >= 4 is 17.5 Å². The van der Waals surface area contributed by atoms with Crippen LogP contribution in [0, 0.1) is 5.41 Å². The number of carbonyl (C=O) groups excluding carboxylic acids is 1. The average Bonchev–Trinajstić information content (AvgIpc) is 2.69. The predicted octanol–water partition coefficient (Wildman–Crippen LogP) is 3.81. The van der Waals surface area contributed by atoms with Gasteiger partial charge in [-0.2, -0.15) is 0 Å². The summed E-state index contributed by atoms with van der Waals surface area (Å²) in [7, 11) is 0. The molecule has 1 saturated heterocycles. The lowest BCUT2D eigenvalue weighted by atomic mass is 9.80. The quantitative estimate of drug-likeness (QED) is 0.591. The highest BCUT2D eigenvalue weighted by atomic mass is 35.5. The molecule has 0 spiro atoms. The molecular weight excluding hydrogens is 358 g/mol. The zero-order valence-corrected chi connectivity index (χ0v) is 14.9. The number of benzene rings is 2. The largest absolute Gasteiger partial charge is 0.492 e. The van der Waals surface area contributed by atoms with Crippen molar-refractivity contribution in [2.24, 2.45) is 5.41 Å². The van der Waals surface area contributed by atoms with E-state index in [1.807, 2.05) is 0 Å². The van der Waals surface area contributed by atoms with Crippen LogP contribution in [0.25, 0.3) is 0 Å². The summed E-state index contributed by atoms with van der Waals surface area (Å²) in [6.45, 7) is 1.09. The van der Waals surface area contributed by atoms with Gasteiger partial charge in [0.25, 0.3) is 5.91 Å². The number of amides is 1. The van der Waals surface area contributed by atoms with E-state index >= 15 is 0 Å². The van der Waals surface area contributed by atoms with E-state index in [2.05, 4.69) is 0 Å². The lowest BCUT2D eigenvalue weighted by Crippen LogP contribution is -2.47. The van der Waals surface area contributed by atoms with Gasteiger partial charge in [0.05, 0.1) is 5.41 Å². The molecule has 138 valence electrons. The zero-order valence-electron chi connectivity index (χ0n) is 14.1. The molecule has 2 aromatic rings. The molecule has 1 amide bonds. The van der Waals surface area contributed by atoms with Gasteiger partial charge in [-0.1, -0.05) is 11.6 Å². The topological polar surface area (TPSA) is 77.0 Å². The van der Waals surface area contributed by atoms with Crippen molar-refractivity contribution in [1.82, 2.24) is 5.48 Å². The summed E-state index contributed by atoms with van der Waals surface area (Å²) < 4.78 is 16.8. The van der Waals surface area contributed by atoms with Crippen LogP contribution in [-0.2, 0) is 9.53 Å². The van der Waals surface area contributed by atoms with Crippen LogP contribution < -0.4 is 15.0 Å². The van der Waals surface area contributed by atoms with Crippen molar-refractivity contribution in [2.45, 2.75) is 12.8 Å². The molecule has 0 radical (unpaired) electrons. The van der Waals surface area contributed by atoms with Gasteiger partial charge < -0.3 is 14.2 Å². The number of nitrogens with one attached hydrogen (secondary N) is 1. The predicted molar refractivity (Wildman–Crippen MR) is 95.9 cm³/mol. The molecule has 3 rings (SSSR count). The number of hydrogen-bond acceptors (Lipinski definition) is 5. The van der Waals surface area contributed by atoms with Gasteiger partial charge in [0.15, 0.2) is 0 Å². The Balaban J connectivity index is 1.61. The number of halogens is 1. The molecule has 2 aromatic carbocycles. The Morgan fingerprint density at radius 2 is 1.58 bits per heavy atom. The molecule has 0 atom stereocenters. The van der Waals surface area contributed by atoms with E-state index < -0.39 is 11.3 Å². The second kappa shape index (κ2) is 8.40. The Labute approximate surface area is 156 Å². The van der Waals surface area contributed by atoms with E-state index in [-0.39, 0.29) is 6.61 Å². The standard InChI is InChI=1S/C19H20ClNO5/c20-14-1-3-16(4-2-14)26-17-7-5-15(6-8-17)25-13-19(18(22)21-23)9-11-24-12-10-19/h1-8,23H,9-13H2,(H,21,22). The van der Waals surface area contributed by atoms with Gasteiger partial charge >= 0.3 is 0 Å². The molecule has 0 unspecified atom stereocenters. The molecule has 0 bridgehead atoms. The first-order valence-corrected chi connectivity index (χ1v) is 8.68. The first-order chi connectivity index (χ1) is 12.6. The number of hydroxylamine groups is 1. The summed E-state index contributed by atoms with van der Waals surface area (Å²) >= 11 is 5.85. The summed E-state index contributed by atoms with van der Waals surface area (Å²) in [5.41, 5.74) is 0.962. The molecular formula is C19H20ClNO5. The third-order valence-corrected chi connectivity index (χ3v) is 4.67. The van der Waals surface area contributed by atoms with E-state index in [0.717, 1.165) is 0 Å². The highest BCUT2D eigenvalue weighted by molar-refractivity contribution is 6.30. The van der Waals surface area contributed by atoms with E-state index in [1.165, 1.54) is 0 Å². The maximum atomic E-state index is 12.1. The van der Waals surface area contributed by atoms with Gasteiger partial charge in [-0.15, -0.1) is 0 Å². The molecule has 7 heteroatoms. The van der Waals surface area contributed by atoms with Crippen LogP contribution in [-0.4, -0.2) is 30.9 Å². The normalized spacial score (nSPS) is 15.9. The molecule has 1 heterocycles. The van der Waals surface area contributed by atoms with Crippen LogP contribution in [0.2, 0.25) is 5.02 Å². The van der Waals surface area contributed by atoms with Gasteiger partial charge in [0.2, 0.25) is 0 Å². The van der Waals surface area contributed by atoms with Crippen molar-refractivity contribution in [2.75, 3.05) is 19.8 Å². The fourth-order valence-corrected chi connectivity index (χ4v) is 2.91. The molecule has 6 nitrogen and oxygen atoms in total. The van der Waals surface area contributed by atoms with E-state index in [4.69, 9.17) is 31.0 Å². The number of hydrogen-bond donors (Lipinski definition) is 2. The van der Waals surface area contributed by atoms with Crippen molar-refractivity contribution in [3.63, 3.8) is 0 Å². The molecule has 0 saturated carbocycles. The molecule has 1 aliphatic rings. The monoisotopic (exact) mass is 377 g/mol. The third kappa shape index (κ3) is 4.46. The lowest BCUT2D eigenvalue weighted by Gasteiger charge is -2.34. The highest BCUT2D eigenvalue weighted by Crippen LogP contribution is 2.32. The Bertz CT molecular complexity index is 727. The minimum absolute atomic E-state index is 0.167. The Kier molecular flexibility index (Phi) is 5.98. The van der Waals surface area contributed by atoms with Crippen molar-refractivity contribution in [1.29, 1.82) is 0 Å². The highest BCUT2D eigenvalue weighted by Gasteiger charge is 2.41. The number of rotatable bonds is 6. The van der Waals surface area contributed by atoms with E-state index in [9.17, 15) is 4.79 Å². The molecule has 0 aromatic heterocycles. The maximum absolute atomic E-state index is 12.1. The summed E-state index contributed by atoms with van der Waals surface area (Å²) in [6.07, 6.45) is 0.994. The number of carbonyl (C=O) groups is 1. The minimum Gasteiger partial charge on any atom is -0.492 e.